The van der Waals surface area contributed by atoms with Crippen molar-refractivity contribution >= 4 is 17.5 Å². The molecule has 1 heterocycles. The third-order valence-corrected chi connectivity index (χ3v) is 3.14. The average Bonchev–Trinajstić information content (AvgIpc) is 2.43. The van der Waals surface area contributed by atoms with E-state index >= 15 is 0 Å². The Morgan fingerprint density at radius 2 is 2.35 bits per heavy atom. The predicted octanol–water partition coefficient (Wildman–Crippen LogP) is 1.40. The summed E-state index contributed by atoms with van der Waals surface area (Å²) in [4.78, 5) is 24.2. The van der Waals surface area contributed by atoms with Crippen molar-refractivity contribution in [2.24, 2.45) is 0 Å². The zero-order valence-electron chi connectivity index (χ0n) is 11.0. The van der Waals surface area contributed by atoms with Crippen LogP contribution < -0.4 is 9.64 Å². The van der Waals surface area contributed by atoms with Gasteiger partial charge in [0.05, 0.1) is 17.2 Å². The van der Waals surface area contributed by atoms with E-state index in [4.69, 9.17) is 9.84 Å². The number of amides is 1. The molecule has 0 radical (unpaired) electrons. The number of nitro benzene ring substituents is 1. The van der Waals surface area contributed by atoms with Crippen LogP contribution in [-0.2, 0) is 0 Å². The number of hydrogen-bond acceptors (Lipinski definition) is 5. The quantitative estimate of drug-likeness (QED) is 0.662. The fourth-order valence-electron chi connectivity index (χ4n) is 1.97. The van der Waals surface area contributed by atoms with E-state index in [1.807, 2.05) is 4.90 Å². The summed E-state index contributed by atoms with van der Waals surface area (Å²) < 4.78 is 5.45. The molecule has 108 valence electrons. The van der Waals surface area contributed by atoms with Gasteiger partial charge in [0.2, 0.25) is 0 Å². The van der Waals surface area contributed by atoms with Crippen molar-refractivity contribution < 1.29 is 19.6 Å². The number of fused-ring (bicyclic) bond motifs is 1. The SMILES string of the molecule is CN(CCN1CCOc2ccc([N+](=O)[O-])cc21)C(=O)O. The number of anilines is 1. The van der Waals surface area contributed by atoms with Gasteiger partial charge in [0.25, 0.3) is 5.69 Å². The Kier molecular flexibility index (Phi) is 3.92. The molecule has 1 aromatic rings. The molecule has 8 heteroatoms. The second-order valence-electron chi connectivity index (χ2n) is 4.45. The largest absolute Gasteiger partial charge is 0.490 e. The number of benzene rings is 1. The van der Waals surface area contributed by atoms with Gasteiger partial charge in [0.1, 0.15) is 12.4 Å². The van der Waals surface area contributed by atoms with Crippen LogP contribution in [0, 0.1) is 10.1 Å². The lowest BCUT2D eigenvalue weighted by Crippen LogP contribution is -2.39. The van der Waals surface area contributed by atoms with Crippen LogP contribution in [0.25, 0.3) is 0 Å². The Labute approximate surface area is 115 Å². The maximum atomic E-state index is 10.8. The Morgan fingerprint density at radius 3 is 3.00 bits per heavy atom. The highest BCUT2D eigenvalue weighted by Crippen LogP contribution is 2.34. The molecule has 1 amide bonds. The maximum absolute atomic E-state index is 10.8. The van der Waals surface area contributed by atoms with Gasteiger partial charge < -0.3 is 19.6 Å². The van der Waals surface area contributed by atoms with Gasteiger partial charge in [0, 0.05) is 32.3 Å². The fraction of sp³-hybridized carbons (Fsp3) is 0.417. The Bertz CT molecular complexity index is 534. The van der Waals surface area contributed by atoms with Crippen molar-refractivity contribution in [2.75, 3.05) is 38.2 Å². The number of carbonyl (C=O) groups is 1. The van der Waals surface area contributed by atoms with Crippen LogP contribution in [0.3, 0.4) is 0 Å². The van der Waals surface area contributed by atoms with Gasteiger partial charge in [-0.25, -0.2) is 4.79 Å². The Balaban J connectivity index is 2.16. The molecule has 1 aromatic carbocycles. The van der Waals surface area contributed by atoms with E-state index in [1.165, 1.54) is 24.1 Å². The van der Waals surface area contributed by atoms with Crippen molar-refractivity contribution in [1.82, 2.24) is 4.90 Å². The number of nitrogens with zero attached hydrogens (tertiary/aromatic N) is 3. The van der Waals surface area contributed by atoms with Crippen LogP contribution in [0.2, 0.25) is 0 Å². The van der Waals surface area contributed by atoms with Crippen LogP contribution in [-0.4, -0.2) is 54.3 Å². The molecule has 20 heavy (non-hydrogen) atoms. The molecule has 1 aliphatic heterocycles. The fourth-order valence-corrected chi connectivity index (χ4v) is 1.97. The zero-order valence-corrected chi connectivity index (χ0v) is 11.0. The van der Waals surface area contributed by atoms with Crippen LogP contribution in [0.5, 0.6) is 5.75 Å². The molecule has 1 aliphatic rings. The summed E-state index contributed by atoms with van der Waals surface area (Å²) in [5.74, 6) is 0.583. The molecule has 0 bridgehead atoms. The van der Waals surface area contributed by atoms with Gasteiger partial charge in [-0.05, 0) is 6.07 Å². The first-order valence-electron chi connectivity index (χ1n) is 6.09. The molecule has 2 rings (SSSR count). The van der Waals surface area contributed by atoms with Gasteiger partial charge in [-0.1, -0.05) is 0 Å². The molecule has 0 aromatic heterocycles. The minimum atomic E-state index is -1.00. The summed E-state index contributed by atoms with van der Waals surface area (Å²) in [7, 11) is 1.48. The van der Waals surface area contributed by atoms with E-state index in [9.17, 15) is 14.9 Å². The van der Waals surface area contributed by atoms with Crippen LogP contribution in [0.4, 0.5) is 16.2 Å². The third kappa shape index (κ3) is 2.90. The molecule has 0 saturated heterocycles. The topological polar surface area (TPSA) is 96.1 Å². The van der Waals surface area contributed by atoms with E-state index < -0.39 is 11.0 Å². The smallest absolute Gasteiger partial charge is 0.407 e. The van der Waals surface area contributed by atoms with E-state index in [0.717, 1.165) is 0 Å². The second-order valence-corrected chi connectivity index (χ2v) is 4.45. The monoisotopic (exact) mass is 281 g/mol. The lowest BCUT2D eigenvalue weighted by molar-refractivity contribution is -0.384. The highest BCUT2D eigenvalue weighted by atomic mass is 16.6. The van der Waals surface area contributed by atoms with E-state index in [2.05, 4.69) is 0 Å². The van der Waals surface area contributed by atoms with Crippen molar-refractivity contribution in [3.05, 3.63) is 28.3 Å². The molecular formula is C12H15N3O5. The summed E-state index contributed by atoms with van der Waals surface area (Å²) in [5, 5.41) is 19.6. The number of non-ortho nitro benzene ring substituents is 1. The van der Waals surface area contributed by atoms with E-state index in [0.29, 0.717) is 37.7 Å². The number of nitro groups is 1. The van der Waals surface area contributed by atoms with Crippen molar-refractivity contribution in [3.8, 4) is 5.75 Å². The maximum Gasteiger partial charge on any atom is 0.407 e. The highest BCUT2D eigenvalue weighted by molar-refractivity contribution is 5.66. The van der Waals surface area contributed by atoms with Crippen molar-refractivity contribution in [3.63, 3.8) is 0 Å². The molecule has 1 N–H and O–H groups in total. The number of hydrogen-bond donors (Lipinski definition) is 1. The number of carboxylic acid groups (broad SMARTS) is 1. The molecule has 0 aliphatic carbocycles. The van der Waals surface area contributed by atoms with Gasteiger partial charge in [0.15, 0.2) is 0 Å². The van der Waals surface area contributed by atoms with Gasteiger partial charge >= 0.3 is 6.09 Å². The minimum Gasteiger partial charge on any atom is -0.490 e. The summed E-state index contributed by atoms with van der Waals surface area (Å²) >= 11 is 0. The third-order valence-electron chi connectivity index (χ3n) is 3.14. The first-order valence-corrected chi connectivity index (χ1v) is 6.09. The number of ether oxygens (including phenoxy) is 1. The van der Waals surface area contributed by atoms with E-state index in [-0.39, 0.29) is 5.69 Å². The molecule has 0 saturated carbocycles. The summed E-state index contributed by atoms with van der Waals surface area (Å²) in [6, 6.07) is 4.42. The van der Waals surface area contributed by atoms with E-state index in [1.54, 1.807) is 6.07 Å². The summed E-state index contributed by atoms with van der Waals surface area (Å²) in [5.41, 5.74) is 0.620. The first-order chi connectivity index (χ1) is 9.49. The van der Waals surface area contributed by atoms with Crippen LogP contribution >= 0.6 is 0 Å². The standard InChI is InChI=1S/C12H15N3O5/c1-13(12(16)17)4-5-14-6-7-20-11-3-2-9(15(18)19)8-10(11)14/h2-3,8H,4-7H2,1H3,(H,16,17). The molecule has 0 unspecified atom stereocenters. The number of likely N-dealkylation sites (N-methyl/N-ethyl adjacent to an activating group) is 1. The first kappa shape index (κ1) is 13.9. The number of rotatable bonds is 4. The second kappa shape index (κ2) is 5.64. The van der Waals surface area contributed by atoms with Gasteiger partial charge in [-0.3, -0.25) is 10.1 Å². The predicted molar refractivity (Wildman–Crippen MR) is 71.5 cm³/mol. The van der Waals surface area contributed by atoms with Crippen molar-refractivity contribution in [2.45, 2.75) is 0 Å². The minimum absolute atomic E-state index is 0.00848. The van der Waals surface area contributed by atoms with Crippen molar-refractivity contribution in [1.29, 1.82) is 0 Å². The Hall–Kier alpha value is -2.51. The normalized spacial score (nSPS) is 13.3. The molecule has 0 atom stereocenters. The zero-order chi connectivity index (χ0) is 14.7. The Morgan fingerprint density at radius 1 is 1.60 bits per heavy atom. The lowest BCUT2D eigenvalue weighted by Gasteiger charge is -2.31. The summed E-state index contributed by atoms with van der Waals surface area (Å²) in [6.45, 7) is 1.82. The molecule has 8 nitrogen and oxygen atoms in total. The van der Waals surface area contributed by atoms with Crippen LogP contribution in [0.1, 0.15) is 0 Å². The van der Waals surface area contributed by atoms with Gasteiger partial charge in [-0.15, -0.1) is 0 Å². The summed E-state index contributed by atoms with van der Waals surface area (Å²) in [6.07, 6.45) is -1.00. The molecule has 0 fully saturated rings. The van der Waals surface area contributed by atoms with Crippen LogP contribution in [0.15, 0.2) is 18.2 Å². The molecule has 0 spiro atoms. The average molecular weight is 281 g/mol. The highest BCUT2D eigenvalue weighted by Gasteiger charge is 2.21. The molecular weight excluding hydrogens is 266 g/mol. The lowest BCUT2D eigenvalue weighted by atomic mass is 10.2. The van der Waals surface area contributed by atoms with Gasteiger partial charge in [-0.2, -0.15) is 0 Å².